The zero-order chi connectivity index (χ0) is 14.3. The number of alkyl halides is 2. The van der Waals surface area contributed by atoms with Crippen molar-refractivity contribution in [2.75, 3.05) is 39.4 Å². The van der Waals surface area contributed by atoms with Gasteiger partial charge in [-0.25, -0.2) is 8.78 Å². The van der Waals surface area contributed by atoms with Crippen molar-refractivity contribution in [2.24, 2.45) is 5.73 Å². The van der Waals surface area contributed by atoms with Crippen LogP contribution in [0.1, 0.15) is 12.8 Å². The maximum absolute atomic E-state index is 12.8. The fraction of sp³-hybridized carbons (Fsp3) is 0.818. The molecule has 0 aromatic rings. The molecule has 0 aromatic carbocycles. The highest BCUT2D eigenvalue weighted by molar-refractivity contribution is 5.85. The van der Waals surface area contributed by atoms with E-state index in [2.05, 4.69) is 5.32 Å². The summed E-state index contributed by atoms with van der Waals surface area (Å²) in [5.74, 6) is -3.84. The Morgan fingerprint density at radius 1 is 1.25 bits per heavy atom. The number of nitrogens with two attached hydrogens (primary N) is 1. The largest absolute Gasteiger partial charge is 0.378 e. The molecule has 20 heavy (non-hydrogen) atoms. The van der Waals surface area contributed by atoms with Crippen LogP contribution >= 0.6 is 12.4 Å². The van der Waals surface area contributed by atoms with Crippen LogP contribution in [0.4, 0.5) is 8.78 Å². The third-order valence-corrected chi connectivity index (χ3v) is 2.77. The molecule has 2 amide bonds. The van der Waals surface area contributed by atoms with Gasteiger partial charge in [0, 0.05) is 25.9 Å². The van der Waals surface area contributed by atoms with E-state index >= 15 is 0 Å². The Hall–Kier alpha value is -0.990. The lowest BCUT2D eigenvalue weighted by Crippen LogP contribution is -2.43. The molecule has 0 saturated carbocycles. The number of carbonyl (C=O) groups is 2. The van der Waals surface area contributed by atoms with Crippen LogP contribution in [0.5, 0.6) is 0 Å². The Labute approximate surface area is 122 Å². The summed E-state index contributed by atoms with van der Waals surface area (Å²) in [6, 6.07) is 0. The second-order valence-corrected chi connectivity index (χ2v) is 4.33. The minimum atomic E-state index is -3.11. The summed E-state index contributed by atoms with van der Waals surface area (Å²) in [4.78, 5) is 24.6. The van der Waals surface area contributed by atoms with Crippen LogP contribution in [0.25, 0.3) is 0 Å². The topological polar surface area (TPSA) is 84.7 Å². The molecular weight excluding hydrogens is 296 g/mol. The van der Waals surface area contributed by atoms with Crippen LogP contribution in [-0.4, -0.2) is 62.0 Å². The molecule has 0 unspecified atom stereocenters. The molecule has 0 radical (unpaired) electrons. The van der Waals surface area contributed by atoms with Crippen LogP contribution in [0, 0.1) is 0 Å². The summed E-state index contributed by atoms with van der Waals surface area (Å²) in [5.41, 5.74) is 4.84. The third-order valence-electron chi connectivity index (χ3n) is 2.77. The maximum atomic E-state index is 12.8. The fourth-order valence-corrected chi connectivity index (χ4v) is 1.58. The summed E-state index contributed by atoms with van der Waals surface area (Å²) in [7, 11) is 0. The third kappa shape index (κ3) is 6.97. The van der Waals surface area contributed by atoms with E-state index in [9.17, 15) is 18.4 Å². The Bertz CT molecular complexity index is 326. The number of halogens is 3. The van der Waals surface area contributed by atoms with E-state index < -0.39 is 24.9 Å². The highest BCUT2D eigenvalue weighted by Crippen LogP contribution is 2.09. The van der Waals surface area contributed by atoms with Crippen molar-refractivity contribution in [2.45, 2.75) is 18.8 Å². The van der Waals surface area contributed by atoms with Crippen molar-refractivity contribution < 1.29 is 23.1 Å². The Balaban J connectivity index is 0.00000361. The predicted molar refractivity (Wildman–Crippen MR) is 70.9 cm³/mol. The number of hydrogen-bond donors (Lipinski definition) is 2. The van der Waals surface area contributed by atoms with E-state index in [0.29, 0.717) is 26.3 Å². The van der Waals surface area contributed by atoms with Gasteiger partial charge in [-0.3, -0.25) is 9.59 Å². The van der Waals surface area contributed by atoms with Gasteiger partial charge < -0.3 is 20.7 Å². The summed E-state index contributed by atoms with van der Waals surface area (Å²) < 4.78 is 30.6. The smallest absolute Gasteiger partial charge is 0.277 e. The van der Waals surface area contributed by atoms with Gasteiger partial charge in [0.15, 0.2) is 0 Å². The van der Waals surface area contributed by atoms with E-state index in [4.69, 9.17) is 10.5 Å². The highest BCUT2D eigenvalue weighted by Gasteiger charge is 2.27. The summed E-state index contributed by atoms with van der Waals surface area (Å²) >= 11 is 0. The van der Waals surface area contributed by atoms with Crippen LogP contribution in [-0.2, 0) is 14.3 Å². The van der Waals surface area contributed by atoms with E-state index in [1.807, 2.05) is 0 Å². The molecule has 0 aliphatic carbocycles. The van der Waals surface area contributed by atoms with Crippen LogP contribution in [0.3, 0.4) is 0 Å². The molecule has 1 aliphatic rings. The van der Waals surface area contributed by atoms with Crippen molar-refractivity contribution in [3.63, 3.8) is 0 Å². The monoisotopic (exact) mass is 315 g/mol. The van der Waals surface area contributed by atoms with Gasteiger partial charge in [-0.1, -0.05) is 0 Å². The number of amides is 2. The second-order valence-electron chi connectivity index (χ2n) is 4.33. The second kappa shape index (κ2) is 9.04. The first-order chi connectivity index (χ1) is 8.94. The molecule has 0 bridgehead atoms. The number of morpholine rings is 1. The van der Waals surface area contributed by atoms with Gasteiger partial charge in [-0.05, 0) is 0 Å². The van der Waals surface area contributed by atoms with Crippen LogP contribution in [0.15, 0.2) is 0 Å². The van der Waals surface area contributed by atoms with Gasteiger partial charge in [-0.2, -0.15) is 0 Å². The first-order valence-corrected chi connectivity index (χ1v) is 6.15. The summed E-state index contributed by atoms with van der Waals surface area (Å²) in [6.07, 6.45) is -0.0864. The lowest BCUT2D eigenvalue weighted by molar-refractivity contribution is -0.137. The molecule has 1 fully saturated rings. The van der Waals surface area contributed by atoms with Crippen LogP contribution in [0.2, 0.25) is 0 Å². The van der Waals surface area contributed by atoms with E-state index in [0.717, 1.165) is 0 Å². The first kappa shape index (κ1) is 19.0. The average Bonchev–Trinajstić information content (AvgIpc) is 2.43. The van der Waals surface area contributed by atoms with Gasteiger partial charge in [-0.15, -0.1) is 12.4 Å². The lowest BCUT2D eigenvalue weighted by Gasteiger charge is -2.26. The summed E-state index contributed by atoms with van der Waals surface area (Å²) in [5, 5.41) is 2.07. The van der Waals surface area contributed by atoms with Crippen molar-refractivity contribution in [3.05, 3.63) is 0 Å². The quantitative estimate of drug-likeness (QED) is 0.708. The van der Waals surface area contributed by atoms with E-state index in [1.54, 1.807) is 4.90 Å². The zero-order valence-electron chi connectivity index (χ0n) is 11.1. The zero-order valence-corrected chi connectivity index (χ0v) is 11.9. The molecule has 0 aromatic heterocycles. The fourth-order valence-electron chi connectivity index (χ4n) is 1.58. The van der Waals surface area contributed by atoms with E-state index in [-0.39, 0.29) is 31.2 Å². The van der Waals surface area contributed by atoms with Gasteiger partial charge in [0.05, 0.1) is 26.3 Å². The molecule has 118 valence electrons. The van der Waals surface area contributed by atoms with Gasteiger partial charge in [0.1, 0.15) is 0 Å². The molecule has 1 heterocycles. The first-order valence-electron chi connectivity index (χ1n) is 6.15. The van der Waals surface area contributed by atoms with Gasteiger partial charge >= 0.3 is 0 Å². The van der Waals surface area contributed by atoms with Gasteiger partial charge in [0.25, 0.3) is 5.92 Å². The number of nitrogens with one attached hydrogen (secondary N) is 1. The number of hydrogen-bond acceptors (Lipinski definition) is 4. The van der Waals surface area contributed by atoms with Crippen molar-refractivity contribution >= 4 is 24.2 Å². The van der Waals surface area contributed by atoms with Gasteiger partial charge in [0.2, 0.25) is 11.8 Å². The molecule has 0 spiro atoms. The van der Waals surface area contributed by atoms with Crippen molar-refractivity contribution in [1.29, 1.82) is 0 Å². The molecule has 1 aliphatic heterocycles. The van der Waals surface area contributed by atoms with Crippen molar-refractivity contribution in [3.8, 4) is 0 Å². The standard InChI is InChI=1S/C11H19F2N3O3.ClH/c12-11(13,7-14)8-15-9(17)1-2-10(18)16-3-5-19-6-4-16;/h1-8,14H2,(H,15,17);1H. The van der Waals surface area contributed by atoms with E-state index in [1.165, 1.54) is 0 Å². The molecule has 1 rings (SSSR count). The molecule has 0 atom stereocenters. The number of carbonyl (C=O) groups excluding carboxylic acids is 2. The minimum absolute atomic E-state index is 0. The lowest BCUT2D eigenvalue weighted by atomic mass is 10.2. The molecule has 9 heteroatoms. The Kier molecular flexibility index (Phi) is 8.59. The minimum Gasteiger partial charge on any atom is -0.378 e. The number of rotatable bonds is 6. The highest BCUT2D eigenvalue weighted by atomic mass is 35.5. The predicted octanol–water partition coefficient (Wildman–Crippen LogP) is -0.243. The molecule has 1 saturated heterocycles. The average molecular weight is 316 g/mol. The normalized spacial score (nSPS) is 15.4. The van der Waals surface area contributed by atoms with Crippen LogP contribution < -0.4 is 11.1 Å². The van der Waals surface area contributed by atoms with Crippen molar-refractivity contribution in [1.82, 2.24) is 10.2 Å². The Morgan fingerprint density at radius 2 is 1.85 bits per heavy atom. The molecule has 6 nitrogen and oxygen atoms in total. The molecule has 3 N–H and O–H groups in total. The number of nitrogens with zero attached hydrogens (tertiary/aromatic N) is 1. The summed E-state index contributed by atoms with van der Waals surface area (Å²) in [6.45, 7) is 0.368. The Morgan fingerprint density at radius 3 is 2.40 bits per heavy atom. The maximum Gasteiger partial charge on any atom is 0.277 e. The SMILES string of the molecule is Cl.NCC(F)(F)CNC(=O)CCC(=O)N1CCOCC1. The number of ether oxygens (including phenoxy) is 1. The molecular formula is C11H20ClF2N3O3.